The SMILES string of the molecule is COc1cc(-c2ccc(-c3ncc(/C=C4\C[C@@]5(C)CC[C@](C)(N5)[C@@H]4F)nn3)c(O)c2)ccn1. The van der Waals surface area contributed by atoms with E-state index in [0.717, 1.165) is 29.5 Å². The zero-order valence-electron chi connectivity index (χ0n) is 18.8. The normalized spacial score (nSPS) is 27.6. The second-order valence-electron chi connectivity index (χ2n) is 9.39. The lowest BCUT2D eigenvalue weighted by atomic mass is 9.82. The van der Waals surface area contributed by atoms with Gasteiger partial charge < -0.3 is 15.2 Å². The van der Waals surface area contributed by atoms with Crippen molar-refractivity contribution in [1.29, 1.82) is 0 Å². The fourth-order valence-corrected chi connectivity index (χ4v) is 5.01. The molecule has 0 amide bonds. The monoisotopic (exact) mass is 447 g/mol. The van der Waals surface area contributed by atoms with Crippen LogP contribution in [0.5, 0.6) is 11.6 Å². The van der Waals surface area contributed by atoms with Crippen molar-refractivity contribution in [3.63, 3.8) is 0 Å². The summed E-state index contributed by atoms with van der Waals surface area (Å²) in [6.45, 7) is 4.08. The van der Waals surface area contributed by atoms with E-state index in [1.807, 2.05) is 19.1 Å². The van der Waals surface area contributed by atoms with Crippen LogP contribution in [-0.4, -0.2) is 49.6 Å². The number of benzene rings is 1. The number of nitrogens with one attached hydrogen (secondary N) is 1. The van der Waals surface area contributed by atoms with E-state index in [2.05, 4.69) is 32.4 Å². The molecule has 170 valence electrons. The van der Waals surface area contributed by atoms with Crippen LogP contribution in [0, 0.1) is 0 Å². The molecule has 2 bridgehead atoms. The zero-order valence-corrected chi connectivity index (χ0v) is 18.8. The molecule has 7 nitrogen and oxygen atoms in total. The van der Waals surface area contributed by atoms with E-state index in [4.69, 9.17) is 4.74 Å². The number of hydrogen-bond acceptors (Lipinski definition) is 7. The van der Waals surface area contributed by atoms with Gasteiger partial charge >= 0.3 is 0 Å². The number of halogens is 1. The zero-order chi connectivity index (χ0) is 23.2. The first-order valence-corrected chi connectivity index (χ1v) is 11.0. The van der Waals surface area contributed by atoms with Crippen LogP contribution in [0.15, 0.2) is 48.3 Å². The number of alkyl halides is 1. The van der Waals surface area contributed by atoms with E-state index >= 15 is 4.39 Å². The van der Waals surface area contributed by atoms with Gasteiger partial charge in [0.2, 0.25) is 5.88 Å². The average Bonchev–Trinajstić information content (AvgIpc) is 3.09. The van der Waals surface area contributed by atoms with E-state index < -0.39 is 11.7 Å². The van der Waals surface area contributed by atoms with Crippen LogP contribution in [0.3, 0.4) is 0 Å². The molecule has 2 aromatic heterocycles. The molecule has 2 aliphatic rings. The molecule has 0 aliphatic carbocycles. The Kier molecular flexibility index (Phi) is 5.12. The third-order valence-electron chi connectivity index (χ3n) is 6.69. The molecule has 2 saturated heterocycles. The van der Waals surface area contributed by atoms with Crippen molar-refractivity contribution in [2.75, 3.05) is 7.11 Å². The molecule has 1 aromatic carbocycles. The van der Waals surface area contributed by atoms with Gasteiger partial charge in [0.1, 0.15) is 17.6 Å². The van der Waals surface area contributed by atoms with E-state index in [0.29, 0.717) is 29.4 Å². The van der Waals surface area contributed by atoms with Gasteiger partial charge in [-0.3, -0.25) is 0 Å². The maximum Gasteiger partial charge on any atom is 0.213 e. The second kappa shape index (κ2) is 7.88. The highest BCUT2D eigenvalue weighted by Gasteiger charge is 2.53. The molecule has 2 N–H and O–H groups in total. The lowest BCUT2D eigenvalue weighted by Crippen LogP contribution is -2.57. The Morgan fingerprint density at radius 1 is 1.12 bits per heavy atom. The van der Waals surface area contributed by atoms with Crippen LogP contribution in [0.2, 0.25) is 0 Å². The van der Waals surface area contributed by atoms with E-state index in [9.17, 15) is 5.11 Å². The van der Waals surface area contributed by atoms with Crippen molar-refractivity contribution in [1.82, 2.24) is 25.5 Å². The smallest absolute Gasteiger partial charge is 0.213 e. The molecule has 0 spiro atoms. The largest absolute Gasteiger partial charge is 0.507 e. The van der Waals surface area contributed by atoms with Gasteiger partial charge in [-0.05, 0) is 74.1 Å². The topological polar surface area (TPSA) is 93.0 Å². The first-order chi connectivity index (χ1) is 15.8. The number of pyridine rings is 1. The maximum atomic E-state index is 15.2. The summed E-state index contributed by atoms with van der Waals surface area (Å²) in [5.41, 5.74) is 2.74. The highest BCUT2D eigenvalue weighted by Crippen LogP contribution is 2.46. The Labute approximate surface area is 191 Å². The van der Waals surface area contributed by atoms with Crippen molar-refractivity contribution >= 4 is 6.08 Å². The lowest BCUT2D eigenvalue weighted by Gasteiger charge is -2.41. The van der Waals surface area contributed by atoms with Crippen LogP contribution in [0.4, 0.5) is 4.39 Å². The number of nitrogens with zero attached hydrogens (tertiary/aromatic N) is 4. The number of ether oxygens (including phenoxy) is 1. The number of phenolic OH excluding ortho intramolecular Hbond substituents is 1. The third-order valence-corrected chi connectivity index (χ3v) is 6.69. The van der Waals surface area contributed by atoms with Gasteiger partial charge in [-0.15, -0.1) is 10.2 Å². The van der Waals surface area contributed by atoms with Gasteiger partial charge in [-0.1, -0.05) is 6.07 Å². The quantitative estimate of drug-likeness (QED) is 0.614. The Hall–Kier alpha value is -3.39. The molecule has 2 fully saturated rings. The molecule has 3 atom stereocenters. The Bertz CT molecular complexity index is 1230. The van der Waals surface area contributed by atoms with Crippen molar-refractivity contribution in [3.05, 3.63) is 54.0 Å². The van der Waals surface area contributed by atoms with Crippen LogP contribution in [-0.2, 0) is 0 Å². The van der Waals surface area contributed by atoms with E-state index in [1.165, 1.54) is 0 Å². The molecule has 0 radical (unpaired) electrons. The standard InChI is InChI=1S/C25H26FN5O2/c1-24-7-8-25(2,31-24)22(26)17(13-24)10-18-14-28-23(30-29-18)19-5-4-15(11-20(19)32)16-6-9-27-21(12-16)33-3/h4-6,9-12,14,22,31-32H,7-8,13H2,1-3H3/b17-10+/t22-,24-,25+/m1/s1. The van der Waals surface area contributed by atoms with E-state index in [1.54, 1.807) is 43.8 Å². The van der Waals surface area contributed by atoms with Crippen LogP contribution < -0.4 is 10.1 Å². The number of piperidine rings is 1. The molecule has 4 heterocycles. The van der Waals surface area contributed by atoms with Gasteiger partial charge in [0.25, 0.3) is 0 Å². The fraction of sp³-hybridized carbons (Fsp3) is 0.360. The molecule has 2 aliphatic heterocycles. The Morgan fingerprint density at radius 3 is 2.67 bits per heavy atom. The van der Waals surface area contributed by atoms with Crippen LogP contribution >= 0.6 is 0 Å². The predicted octanol–water partition coefficient (Wildman–Crippen LogP) is 4.34. The van der Waals surface area contributed by atoms with Crippen molar-refractivity contribution in [2.24, 2.45) is 0 Å². The number of aromatic nitrogens is 4. The lowest BCUT2D eigenvalue weighted by molar-refractivity contribution is 0.160. The van der Waals surface area contributed by atoms with Gasteiger partial charge in [0, 0.05) is 17.8 Å². The number of hydrogen-bond donors (Lipinski definition) is 2. The number of phenols is 1. The summed E-state index contributed by atoms with van der Waals surface area (Å²) >= 11 is 0. The van der Waals surface area contributed by atoms with Gasteiger partial charge in [0.05, 0.1) is 24.4 Å². The van der Waals surface area contributed by atoms with E-state index in [-0.39, 0.29) is 11.3 Å². The van der Waals surface area contributed by atoms with Crippen molar-refractivity contribution in [2.45, 2.75) is 50.4 Å². The molecule has 3 aromatic rings. The predicted molar refractivity (Wildman–Crippen MR) is 123 cm³/mol. The molecule has 5 rings (SSSR count). The number of rotatable bonds is 4. The number of aromatic hydroxyl groups is 1. The summed E-state index contributed by atoms with van der Waals surface area (Å²) in [5, 5.41) is 22.5. The van der Waals surface area contributed by atoms with Crippen molar-refractivity contribution < 1.29 is 14.2 Å². The maximum absolute atomic E-state index is 15.2. The van der Waals surface area contributed by atoms with Crippen molar-refractivity contribution in [3.8, 4) is 34.1 Å². The van der Waals surface area contributed by atoms with Crippen LogP contribution in [0.1, 0.15) is 38.8 Å². The van der Waals surface area contributed by atoms with Gasteiger partial charge in [-0.2, -0.15) is 0 Å². The van der Waals surface area contributed by atoms with Gasteiger partial charge in [-0.25, -0.2) is 14.4 Å². The highest BCUT2D eigenvalue weighted by molar-refractivity contribution is 5.73. The van der Waals surface area contributed by atoms with Gasteiger partial charge in [0.15, 0.2) is 5.82 Å². The summed E-state index contributed by atoms with van der Waals surface area (Å²) in [6, 6.07) is 8.88. The summed E-state index contributed by atoms with van der Waals surface area (Å²) in [7, 11) is 1.56. The second-order valence-corrected chi connectivity index (χ2v) is 9.39. The first-order valence-electron chi connectivity index (χ1n) is 11.0. The minimum atomic E-state index is -1.07. The number of methoxy groups -OCH3 is 1. The average molecular weight is 448 g/mol. The summed E-state index contributed by atoms with van der Waals surface area (Å²) in [5.74, 6) is 0.832. The highest BCUT2D eigenvalue weighted by atomic mass is 19.1. The minimum absolute atomic E-state index is 0.0378. The number of fused-ring (bicyclic) bond motifs is 2. The molecule has 8 heteroatoms. The first kappa shape index (κ1) is 21.5. The molecule has 0 saturated carbocycles. The third kappa shape index (κ3) is 3.95. The molecule has 0 unspecified atom stereocenters. The molecular weight excluding hydrogens is 421 g/mol. The summed E-state index contributed by atoms with van der Waals surface area (Å²) in [4.78, 5) is 8.47. The summed E-state index contributed by atoms with van der Waals surface area (Å²) in [6.07, 6.45) is 6.30. The summed E-state index contributed by atoms with van der Waals surface area (Å²) < 4.78 is 20.3. The molecular formula is C25H26FN5O2. The Morgan fingerprint density at radius 2 is 1.94 bits per heavy atom. The minimum Gasteiger partial charge on any atom is -0.507 e. The Balaban J connectivity index is 1.39. The fourth-order valence-electron chi connectivity index (χ4n) is 5.01. The van der Waals surface area contributed by atoms with Crippen LogP contribution in [0.25, 0.3) is 28.6 Å². The molecule has 33 heavy (non-hydrogen) atoms.